The van der Waals surface area contributed by atoms with Crippen LogP contribution in [0.25, 0.3) is 0 Å². The second kappa shape index (κ2) is 4.19. The van der Waals surface area contributed by atoms with Crippen LogP contribution in [-0.4, -0.2) is 41.9 Å². The highest BCUT2D eigenvalue weighted by Gasteiger charge is 2.57. The quantitative estimate of drug-likeness (QED) is 0.890. The maximum atomic E-state index is 11.1. The number of carboxylic acid groups (broad SMARTS) is 1. The van der Waals surface area contributed by atoms with E-state index in [4.69, 9.17) is 9.84 Å². The third-order valence-electron chi connectivity index (χ3n) is 5.32. The van der Waals surface area contributed by atoms with Crippen LogP contribution in [0.15, 0.2) is 18.2 Å². The number of fused-ring (bicyclic) bond motifs is 2. The first-order valence-corrected chi connectivity index (χ1v) is 7.24. The molecule has 20 heavy (non-hydrogen) atoms. The number of carboxylic acids is 1. The van der Waals surface area contributed by atoms with Gasteiger partial charge >= 0.3 is 5.97 Å². The van der Waals surface area contributed by atoms with Crippen LogP contribution >= 0.6 is 0 Å². The first kappa shape index (κ1) is 12.1. The van der Waals surface area contributed by atoms with Crippen molar-refractivity contribution in [1.29, 1.82) is 0 Å². The second-order valence-corrected chi connectivity index (χ2v) is 6.24. The summed E-state index contributed by atoms with van der Waals surface area (Å²) in [6.45, 7) is 2.59. The molecule has 0 aromatic carbocycles. The third-order valence-corrected chi connectivity index (χ3v) is 5.32. The van der Waals surface area contributed by atoms with Crippen LogP contribution in [0.3, 0.4) is 0 Å². The predicted molar refractivity (Wildman–Crippen MR) is 72.9 cm³/mol. The van der Waals surface area contributed by atoms with Crippen LogP contribution in [0.5, 0.6) is 0 Å². The monoisotopic (exact) mass is 274 g/mol. The summed E-state index contributed by atoms with van der Waals surface area (Å²) in [6.07, 6.45) is 3.85. The summed E-state index contributed by atoms with van der Waals surface area (Å²) < 4.78 is 5.69. The van der Waals surface area contributed by atoms with Crippen LogP contribution in [0.2, 0.25) is 0 Å². The van der Waals surface area contributed by atoms with Gasteiger partial charge in [-0.05, 0) is 30.4 Å². The van der Waals surface area contributed by atoms with Crippen molar-refractivity contribution in [3.8, 4) is 0 Å². The molecule has 3 heterocycles. The van der Waals surface area contributed by atoms with E-state index in [2.05, 4.69) is 9.88 Å². The predicted octanol–water partition coefficient (Wildman–Crippen LogP) is 1.79. The van der Waals surface area contributed by atoms with Crippen LogP contribution in [0.1, 0.15) is 29.8 Å². The van der Waals surface area contributed by atoms with Gasteiger partial charge in [0.2, 0.25) is 0 Å². The number of aromatic nitrogens is 1. The summed E-state index contributed by atoms with van der Waals surface area (Å²) in [6, 6.07) is 5.61. The fourth-order valence-electron chi connectivity index (χ4n) is 4.12. The Bertz CT molecular complexity index is 556. The average Bonchev–Trinajstić information content (AvgIpc) is 2.97. The highest BCUT2D eigenvalue weighted by Crippen LogP contribution is 2.56. The number of hydrogen-bond acceptors (Lipinski definition) is 4. The van der Waals surface area contributed by atoms with Crippen molar-refractivity contribution in [2.45, 2.75) is 25.3 Å². The van der Waals surface area contributed by atoms with Gasteiger partial charge in [-0.1, -0.05) is 12.5 Å². The zero-order chi connectivity index (χ0) is 13.7. The number of aromatic carboxylic acids is 1. The fourth-order valence-corrected chi connectivity index (χ4v) is 4.12. The van der Waals surface area contributed by atoms with Gasteiger partial charge in [0.1, 0.15) is 5.82 Å². The first-order valence-electron chi connectivity index (χ1n) is 7.24. The van der Waals surface area contributed by atoms with Crippen LogP contribution in [0.4, 0.5) is 5.82 Å². The molecule has 0 radical (unpaired) electrons. The van der Waals surface area contributed by atoms with Crippen LogP contribution in [0, 0.1) is 11.3 Å². The molecule has 5 nitrogen and oxygen atoms in total. The Morgan fingerprint density at radius 1 is 1.40 bits per heavy atom. The molecule has 2 aliphatic heterocycles. The molecule has 1 aliphatic carbocycles. The lowest BCUT2D eigenvalue weighted by atomic mass is 9.62. The van der Waals surface area contributed by atoms with Crippen LogP contribution < -0.4 is 4.90 Å². The van der Waals surface area contributed by atoms with E-state index in [1.165, 1.54) is 19.3 Å². The number of pyridine rings is 1. The highest BCUT2D eigenvalue weighted by molar-refractivity contribution is 5.85. The molecule has 4 rings (SSSR count). The van der Waals surface area contributed by atoms with E-state index in [1.807, 2.05) is 6.07 Å². The minimum atomic E-state index is -0.969. The van der Waals surface area contributed by atoms with Crippen molar-refractivity contribution in [3.05, 3.63) is 23.9 Å². The van der Waals surface area contributed by atoms with Gasteiger partial charge in [0, 0.05) is 12.5 Å². The highest BCUT2D eigenvalue weighted by atomic mass is 16.5. The van der Waals surface area contributed by atoms with Crippen molar-refractivity contribution in [3.63, 3.8) is 0 Å². The lowest BCUT2D eigenvalue weighted by Crippen LogP contribution is -2.38. The molecule has 0 amide bonds. The number of rotatable bonds is 2. The van der Waals surface area contributed by atoms with Crippen molar-refractivity contribution in [2.75, 3.05) is 24.7 Å². The molecule has 106 valence electrons. The zero-order valence-electron chi connectivity index (χ0n) is 11.3. The molecular formula is C15H18N2O3. The maximum Gasteiger partial charge on any atom is 0.354 e. The van der Waals surface area contributed by atoms with E-state index in [9.17, 15) is 4.79 Å². The lowest BCUT2D eigenvalue weighted by molar-refractivity contribution is 0.0672. The molecule has 1 aromatic rings. The Kier molecular flexibility index (Phi) is 2.54. The van der Waals surface area contributed by atoms with Gasteiger partial charge in [0.15, 0.2) is 5.69 Å². The zero-order valence-corrected chi connectivity index (χ0v) is 11.3. The van der Waals surface area contributed by atoms with Crippen molar-refractivity contribution in [1.82, 2.24) is 4.98 Å². The summed E-state index contributed by atoms with van der Waals surface area (Å²) in [5, 5.41) is 9.09. The van der Waals surface area contributed by atoms with Crippen molar-refractivity contribution in [2.24, 2.45) is 11.3 Å². The summed E-state index contributed by atoms with van der Waals surface area (Å²) in [7, 11) is 0. The van der Waals surface area contributed by atoms with Gasteiger partial charge in [0.25, 0.3) is 0 Å². The Hall–Kier alpha value is -1.62. The van der Waals surface area contributed by atoms with Gasteiger partial charge in [-0.15, -0.1) is 0 Å². The number of ether oxygens (including phenoxy) is 1. The molecule has 5 heteroatoms. The molecule has 1 spiro atoms. The van der Waals surface area contributed by atoms with Gasteiger partial charge < -0.3 is 14.7 Å². The Labute approximate surface area is 117 Å². The molecule has 3 aliphatic rings. The fraction of sp³-hybridized carbons (Fsp3) is 0.600. The summed E-state index contributed by atoms with van der Waals surface area (Å²) in [5.74, 6) is 0.407. The lowest BCUT2D eigenvalue weighted by Gasteiger charge is -2.42. The Morgan fingerprint density at radius 2 is 2.25 bits per heavy atom. The molecule has 2 saturated heterocycles. The molecule has 2 unspecified atom stereocenters. The van der Waals surface area contributed by atoms with E-state index in [0.29, 0.717) is 17.4 Å². The molecule has 0 bridgehead atoms. The van der Waals surface area contributed by atoms with Gasteiger partial charge in [-0.3, -0.25) is 0 Å². The molecule has 2 atom stereocenters. The number of carbonyl (C=O) groups is 1. The SMILES string of the molecule is O=C(O)c1cccc(N2CC3(CCC3)C3COCC32)n1. The molecule has 1 N–H and O–H groups in total. The molecule has 1 aromatic heterocycles. The van der Waals surface area contributed by atoms with Crippen molar-refractivity contribution < 1.29 is 14.6 Å². The van der Waals surface area contributed by atoms with E-state index >= 15 is 0 Å². The third kappa shape index (κ3) is 1.59. The van der Waals surface area contributed by atoms with E-state index in [-0.39, 0.29) is 5.69 Å². The summed E-state index contributed by atoms with van der Waals surface area (Å²) >= 11 is 0. The second-order valence-electron chi connectivity index (χ2n) is 6.24. The van der Waals surface area contributed by atoms with Crippen LogP contribution in [-0.2, 0) is 4.74 Å². The molecule has 1 saturated carbocycles. The standard InChI is InChI=1S/C15H18N2O3/c18-14(19)11-3-1-4-13(16-11)17-9-15(5-2-6-15)10-7-20-8-12(10)17/h1,3-4,10,12H,2,5-9H2,(H,18,19). The largest absolute Gasteiger partial charge is 0.477 e. The van der Waals surface area contributed by atoms with E-state index in [0.717, 1.165) is 25.6 Å². The normalized spacial score (nSPS) is 30.3. The topological polar surface area (TPSA) is 62.7 Å². The molecule has 3 fully saturated rings. The Balaban J connectivity index is 1.68. The minimum Gasteiger partial charge on any atom is -0.477 e. The van der Waals surface area contributed by atoms with E-state index < -0.39 is 5.97 Å². The summed E-state index contributed by atoms with van der Waals surface area (Å²) in [4.78, 5) is 17.7. The smallest absolute Gasteiger partial charge is 0.354 e. The number of nitrogens with zero attached hydrogens (tertiary/aromatic N) is 2. The first-order chi connectivity index (χ1) is 9.70. The summed E-state index contributed by atoms with van der Waals surface area (Å²) in [5.41, 5.74) is 0.509. The minimum absolute atomic E-state index is 0.118. The Morgan fingerprint density at radius 3 is 2.95 bits per heavy atom. The maximum absolute atomic E-state index is 11.1. The van der Waals surface area contributed by atoms with E-state index in [1.54, 1.807) is 12.1 Å². The average molecular weight is 274 g/mol. The van der Waals surface area contributed by atoms with Gasteiger partial charge in [-0.2, -0.15) is 0 Å². The van der Waals surface area contributed by atoms with Gasteiger partial charge in [0.05, 0.1) is 19.3 Å². The van der Waals surface area contributed by atoms with Gasteiger partial charge in [-0.25, -0.2) is 9.78 Å². The number of hydrogen-bond donors (Lipinski definition) is 1. The molecular weight excluding hydrogens is 256 g/mol. The number of anilines is 1. The van der Waals surface area contributed by atoms with Crippen molar-refractivity contribution >= 4 is 11.8 Å².